The predicted octanol–water partition coefficient (Wildman–Crippen LogP) is 2.66. The van der Waals surface area contributed by atoms with Crippen molar-refractivity contribution in [1.82, 2.24) is 19.1 Å². The molecule has 3 aromatic rings. The van der Waals surface area contributed by atoms with E-state index in [0.29, 0.717) is 0 Å². The number of benzene rings is 1. The van der Waals surface area contributed by atoms with E-state index in [2.05, 4.69) is 26.7 Å². The van der Waals surface area contributed by atoms with E-state index in [-0.39, 0.29) is 0 Å². The molecule has 0 N–H and O–H groups in total. The molecule has 0 amide bonds. The molecule has 1 aromatic carbocycles. The van der Waals surface area contributed by atoms with Gasteiger partial charge in [-0.25, -0.2) is 9.97 Å². The van der Waals surface area contributed by atoms with Crippen molar-refractivity contribution < 1.29 is 0 Å². The smallest absolute Gasteiger partial charge is 0.105 e. The third-order valence-corrected chi connectivity index (χ3v) is 2.83. The lowest BCUT2D eigenvalue weighted by molar-refractivity contribution is 0.797. The van der Waals surface area contributed by atoms with E-state index in [1.54, 1.807) is 12.4 Å². The summed E-state index contributed by atoms with van der Waals surface area (Å²) in [4.78, 5) is 7.96. The van der Waals surface area contributed by atoms with Crippen molar-refractivity contribution in [3.63, 3.8) is 0 Å². The number of aromatic nitrogens is 4. The Morgan fingerprint density at radius 2 is 1.84 bits per heavy atom. The van der Waals surface area contributed by atoms with E-state index in [4.69, 9.17) is 0 Å². The Bertz CT molecular complexity index is 565. The third-order valence-electron chi connectivity index (χ3n) is 2.83. The fourth-order valence-electron chi connectivity index (χ4n) is 1.61. The number of nitrogens with zero attached hydrogens (tertiary/aromatic N) is 4. The Hall–Kier alpha value is -2.36. The number of rotatable bonds is 2. The van der Waals surface area contributed by atoms with Gasteiger partial charge in [-0.05, 0) is 12.5 Å². The molecular weight excluding hydrogens is 236 g/mol. The van der Waals surface area contributed by atoms with Gasteiger partial charge in [-0.1, -0.05) is 30.3 Å². The van der Waals surface area contributed by atoms with Crippen LogP contribution in [0.15, 0.2) is 61.4 Å². The molecular formula is C15H18N4. The minimum absolute atomic E-state index is 0.904. The van der Waals surface area contributed by atoms with Crippen molar-refractivity contribution in [1.29, 1.82) is 0 Å². The molecule has 2 aromatic heterocycles. The molecule has 0 aliphatic rings. The van der Waals surface area contributed by atoms with Crippen LogP contribution in [-0.2, 0) is 13.6 Å². The van der Waals surface area contributed by atoms with Gasteiger partial charge in [0.25, 0.3) is 0 Å². The highest BCUT2D eigenvalue weighted by atomic mass is 15.0. The van der Waals surface area contributed by atoms with Gasteiger partial charge >= 0.3 is 0 Å². The number of imidazole rings is 2. The van der Waals surface area contributed by atoms with Crippen LogP contribution < -0.4 is 0 Å². The maximum absolute atomic E-state index is 3.98. The Morgan fingerprint density at radius 1 is 1.05 bits per heavy atom. The zero-order chi connectivity index (χ0) is 13.5. The Kier molecular flexibility index (Phi) is 4.50. The molecule has 0 aliphatic carbocycles. The predicted molar refractivity (Wildman–Crippen MR) is 75.7 cm³/mol. The normalized spacial score (nSPS) is 9.79. The fourth-order valence-corrected chi connectivity index (χ4v) is 1.61. The minimum Gasteiger partial charge on any atom is -0.338 e. The average Bonchev–Trinajstić information content (AvgIpc) is 3.05. The highest BCUT2D eigenvalue weighted by Crippen LogP contribution is 2.00. The zero-order valence-corrected chi connectivity index (χ0v) is 11.3. The fraction of sp³-hybridized carbons (Fsp3) is 0.200. The highest BCUT2D eigenvalue weighted by molar-refractivity contribution is 5.14. The van der Waals surface area contributed by atoms with Gasteiger partial charge in [0.15, 0.2) is 0 Å². The second-order valence-electron chi connectivity index (χ2n) is 4.31. The molecule has 98 valence electrons. The van der Waals surface area contributed by atoms with Crippen molar-refractivity contribution in [2.75, 3.05) is 0 Å². The number of hydrogen-bond acceptors (Lipinski definition) is 2. The zero-order valence-electron chi connectivity index (χ0n) is 11.3. The summed E-state index contributed by atoms with van der Waals surface area (Å²) in [7, 11) is 1.97. The lowest BCUT2D eigenvalue weighted by atomic mass is 10.2. The Labute approximate surface area is 113 Å². The van der Waals surface area contributed by atoms with Gasteiger partial charge in [-0.15, -0.1) is 0 Å². The van der Waals surface area contributed by atoms with Crippen molar-refractivity contribution in [2.24, 2.45) is 7.05 Å². The molecule has 4 nitrogen and oxygen atoms in total. The summed E-state index contributed by atoms with van der Waals surface area (Å²) in [6.45, 7) is 2.88. The first-order valence-corrected chi connectivity index (χ1v) is 6.19. The summed E-state index contributed by atoms with van der Waals surface area (Å²) in [6, 6.07) is 10.3. The molecule has 2 heterocycles. The van der Waals surface area contributed by atoms with Crippen LogP contribution in [0.3, 0.4) is 0 Å². The third kappa shape index (κ3) is 4.10. The van der Waals surface area contributed by atoms with E-state index in [0.717, 1.165) is 12.4 Å². The van der Waals surface area contributed by atoms with Crippen LogP contribution >= 0.6 is 0 Å². The molecule has 0 aliphatic heterocycles. The van der Waals surface area contributed by atoms with E-state index in [1.807, 2.05) is 55.5 Å². The molecule has 0 atom stereocenters. The largest absolute Gasteiger partial charge is 0.338 e. The summed E-state index contributed by atoms with van der Waals surface area (Å²) in [6.07, 6.45) is 9.30. The molecule has 19 heavy (non-hydrogen) atoms. The van der Waals surface area contributed by atoms with Crippen LogP contribution in [0.5, 0.6) is 0 Å². The number of aryl methyl sites for hydroxylation is 2. The summed E-state index contributed by atoms with van der Waals surface area (Å²) in [5.74, 6) is 1.06. The second-order valence-corrected chi connectivity index (χ2v) is 4.31. The summed E-state index contributed by atoms with van der Waals surface area (Å²) < 4.78 is 4.02. The van der Waals surface area contributed by atoms with Crippen LogP contribution in [0.4, 0.5) is 0 Å². The van der Waals surface area contributed by atoms with Crippen molar-refractivity contribution in [3.05, 3.63) is 72.8 Å². The van der Waals surface area contributed by atoms with Crippen LogP contribution in [0.25, 0.3) is 0 Å². The van der Waals surface area contributed by atoms with Crippen LogP contribution in [-0.4, -0.2) is 19.1 Å². The lowest BCUT2D eigenvalue weighted by Gasteiger charge is -2.00. The Morgan fingerprint density at radius 3 is 2.32 bits per heavy atom. The second kappa shape index (κ2) is 6.54. The minimum atomic E-state index is 0.904. The van der Waals surface area contributed by atoms with E-state index in [1.165, 1.54) is 5.56 Å². The van der Waals surface area contributed by atoms with Gasteiger partial charge in [0.2, 0.25) is 0 Å². The topological polar surface area (TPSA) is 35.6 Å². The van der Waals surface area contributed by atoms with E-state index >= 15 is 0 Å². The van der Waals surface area contributed by atoms with E-state index in [9.17, 15) is 0 Å². The highest BCUT2D eigenvalue weighted by Gasteiger charge is 1.91. The quantitative estimate of drug-likeness (QED) is 0.705. The van der Waals surface area contributed by atoms with Gasteiger partial charge in [-0.3, -0.25) is 0 Å². The Balaban J connectivity index is 0.000000163. The van der Waals surface area contributed by atoms with E-state index < -0.39 is 0 Å². The van der Waals surface area contributed by atoms with Gasteiger partial charge in [0.05, 0.1) is 6.33 Å². The maximum atomic E-state index is 3.98. The molecule has 0 fully saturated rings. The maximum Gasteiger partial charge on any atom is 0.105 e. The molecule has 0 radical (unpaired) electrons. The summed E-state index contributed by atoms with van der Waals surface area (Å²) >= 11 is 0. The van der Waals surface area contributed by atoms with Gasteiger partial charge in [-0.2, -0.15) is 0 Å². The van der Waals surface area contributed by atoms with Crippen LogP contribution in [0.2, 0.25) is 0 Å². The molecule has 4 heteroatoms. The van der Waals surface area contributed by atoms with Crippen LogP contribution in [0, 0.1) is 6.92 Å². The molecule has 0 spiro atoms. The monoisotopic (exact) mass is 254 g/mol. The molecule has 0 unspecified atom stereocenters. The molecule has 0 saturated carbocycles. The van der Waals surface area contributed by atoms with Crippen molar-refractivity contribution in [3.8, 4) is 0 Å². The van der Waals surface area contributed by atoms with Gasteiger partial charge in [0, 0.05) is 38.4 Å². The van der Waals surface area contributed by atoms with Gasteiger partial charge in [0.1, 0.15) is 5.82 Å². The molecule has 0 bridgehead atoms. The SMILES string of the molecule is Cc1nccn1C.c1ccc(Cn2ccnc2)cc1. The van der Waals surface area contributed by atoms with Crippen molar-refractivity contribution >= 4 is 0 Å². The lowest BCUT2D eigenvalue weighted by Crippen LogP contribution is -1.95. The number of hydrogen-bond donors (Lipinski definition) is 0. The molecule has 0 saturated heterocycles. The van der Waals surface area contributed by atoms with Gasteiger partial charge < -0.3 is 9.13 Å². The average molecular weight is 254 g/mol. The summed E-state index contributed by atoms with van der Waals surface area (Å²) in [5, 5.41) is 0. The first-order valence-electron chi connectivity index (χ1n) is 6.19. The summed E-state index contributed by atoms with van der Waals surface area (Å²) in [5.41, 5.74) is 1.30. The standard InChI is InChI=1S/C10H10N2.C5H8N2/c1-2-4-10(5-3-1)8-12-7-6-11-9-12;1-5-6-3-4-7(5)2/h1-7,9H,8H2;3-4H,1-2H3. The van der Waals surface area contributed by atoms with Crippen LogP contribution in [0.1, 0.15) is 11.4 Å². The van der Waals surface area contributed by atoms with Crippen molar-refractivity contribution in [2.45, 2.75) is 13.5 Å². The first-order chi connectivity index (χ1) is 9.25. The first kappa shape index (κ1) is 13.1. The molecule has 3 rings (SSSR count).